The van der Waals surface area contributed by atoms with Crippen LogP contribution in [-0.4, -0.2) is 4.98 Å². The fraction of sp³-hybridized carbons (Fsp3) is 0.0909. The minimum atomic E-state index is 0.730. The summed E-state index contributed by atoms with van der Waals surface area (Å²) in [6.45, 7) is 0.764. The van der Waals surface area contributed by atoms with Gasteiger partial charge in [-0.25, -0.2) is 0 Å². The minimum Gasteiger partial charge on any atom is -0.380 e. The molecule has 1 aromatic carbocycles. The third-order valence-corrected chi connectivity index (χ3v) is 2.90. The summed E-state index contributed by atoms with van der Waals surface area (Å²) in [6, 6.07) is 7.78. The van der Waals surface area contributed by atoms with Gasteiger partial charge in [0.15, 0.2) is 0 Å². The lowest BCUT2D eigenvalue weighted by atomic mass is 10.3. The largest absolute Gasteiger partial charge is 0.380 e. The molecular weight excluding hydrogens is 275 g/mol. The van der Waals surface area contributed by atoms with Crippen molar-refractivity contribution in [2.75, 3.05) is 5.32 Å². The lowest BCUT2D eigenvalue weighted by Crippen LogP contribution is -1.98. The second-order valence-corrected chi connectivity index (χ2v) is 4.52. The summed E-state index contributed by atoms with van der Waals surface area (Å²) in [5.74, 6) is 0. The molecule has 2 rings (SSSR count). The Bertz CT molecular complexity index is 440. The number of rotatable bonds is 3. The van der Waals surface area contributed by atoms with Crippen LogP contribution in [0.1, 0.15) is 5.56 Å². The molecule has 0 amide bonds. The molecule has 0 atom stereocenters. The maximum absolute atomic E-state index is 6.05. The van der Waals surface area contributed by atoms with Crippen molar-refractivity contribution in [3.05, 3.63) is 51.7 Å². The number of aromatic amines is 1. The molecule has 0 aliphatic heterocycles. The molecule has 15 heavy (non-hydrogen) atoms. The van der Waals surface area contributed by atoms with Crippen LogP contribution < -0.4 is 5.32 Å². The Morgan fingerprint density at radius 3 is 2.93 bits per heavy atom. The van der Waals surface area contributed by atoms with Gasteiger partial charge in [-0.3, -0.25) is 0 Å². The van der Waals surface area contributed by atoms with E-state index in [0.29, 0.717) is 0 Å². The molecule has 78 valence electrons. The quantitative estimate of drug-likeness (QED) is 0.875. The van der Waals surface area contributed by atoms with Gasteiger partial charge in [0.25, 0.3) is 0 Å². The molecule has 1 aromatic heterocycles. The molecule has 0 unspecified atom stereocenters. The fourth-order valence-corrected chi connectivity index (χ4v) is 1.84. The smallest absolute Gasteiger partial charge is 0.0638 e. The molecule has 0 bridgehead atoms. The van der Waals surface area contributed by atoms with Crippen LogP contribution in [0.25, 0.3) is 0 Å². The van der Waals surface area contributed by atoms with Gasteiger partial charge in [0.2, 0.25) is 0 Å². The molecule has 2 aromatic rings. The summed E-state index contributed by atoms with van der Waals surface area (Å²) in [5.41, 5.74) is 2.14. The number of hydrogen-bond donors (Lipinski definition) is 2. The van der Waals surface area contributed by atoms with Gasteiger partial charge < -0.3 is 10.3 Å². The van der Waals surface area contributed by atoms with Crippen molar-refractivity contribution < 1.29 is 0 Å². The first-order valence-electron chi connectivity index (χ1n) is 4.56. The predicted octanol–water partition coefficient (Wildman–Crippen LogP) is 4.04. The van der Waals surface area contributed by atoms with E-state index in [0.717, 1.165) is 21.7 Å². The highest BCUT2D eigenvalue weighted by Crippen LogP contribution is 2.25. The summed E-state index contributed by atoms with van der Waals surface area (Å²) >= 11 is 9.46. The number of nitrogens with one attached hydrogen (secondary N) is 2. The van der Waals surface area contributed by atoms with Crippen molar-refractivity contribution in [3.8, 4) is 0 Å². The van der Waals surface area contributed by atoms with Gasteiger partial charge in [-0.1, -0.05) is 27.5 Å². The van der Waals surface area contributed by atoms with E-state index in [4.69, 9.17) is 11.6 Å². The van der Waals surface area contributed by atoms with Crippen LogP contribution in [0.2, 0.25) is 5.02 Å². The Morgan fingerprint density at radius 1 is 1.33 bits per heavy atom. The van der Waals surface area contributed by atoms with Crippen LogP contribution in [0.3, 0.4) is 0 Å². The molecule has 0 fully saturated rings. The molecule has 0 saturated carbocycles. The van der Waals surface area contributed by atoms with Gasteiger partial charge >= 0.3 is 0 Å². The van der Waals surface area contributed by atoms with Gasteiger partial charge in [0.1, 0.15) is 0 Å². The molecule has 0 aliphatic rings. The highest BCUT2D eigenvalue weighted by molar-refractivity contribution is 9.10. The van der Waals surface area contributed by atoms with Crippen LogP contribution in [-0.2, 0) is 6.54 Å². The van der Waals surface area contributed by atoms with Crippen LogP contribution >= 0.6 is 27.5 Å². The first-order chi connectivity index (χ1) is 7.25. The molecule has 4 heteroatoms. The molecule has 1 heterocycles. The molecule has 0 saturated heterocycles. The van der Waals surface area contributed by atoms with Gasteiger partial charge in [-0.2, -0.15) is 0 Å². The second kappa shape index (κ2) is 4.73. The number of aromatic nitrogens is 1. The van der Waals surface area contributed by atoms with Crippen LogP contribution in [0.5, 0.6) is 0 Å². The Kier molecular flexibility index (Phi) is 3.34. The van der Waals surface area contributed by atoms with Crippen LogP contribution in [0.4, 0.5) is 5.69 Å². The van der Waals surface area contributed by atoms with E-state index in [1.54, 1.807) is 0 Å². The lowest BCUT2D eigenvalue weighted by Gasteiger charge is -2.07. The topological polar surface area (TPSA) is 27.8 Å². The minimum absolute atomic E-state index is 0.730. The predicted molar refractivity (Wildman–Crippen MR) is 67.3 cm³/mol. The van der Waals surface area contributed by atoms with Crippen molar-refractivity contribution in [2.45, 2.75) is 6.54 Å². The SMILES string of the molecule is Clc1ccc(Br)cc1NCc1cc[nH]c1. The van der Waals surface area contributed by atoms with E-state index in [2.05, 4.69) is 26.2 Å². The first-order valence-corrected chi connectivity index (χ1v) is 5.73. The van der Waals surface area contributed by atoms with Gasteiger partial charge in [0, 0.05) is 23.4 Å². The van der Waals surface area contributed by atoms with E-state index < -0.39 is 0 Å². The van der Waals surface area contributed by atoms with Crippen LogP contribution in [0, 0.1) is 0 Å². The molecule has 2 nitrogen and oxygen atoms in total. The van der Waals surface area contributed by atoms with E-state index in [-0.39, 0.29) is 0 Å². The number of anilines is 1. The standard InChI is InChI=1S/C11H10BrClN2/c12-9-1-2-10(13)11(5-9)15-7-8-3-4-14-6-8/h1-6,14-15H,7H2. The molecule has 0 aliphatic carbocycles. The summed E-state index contributed by atoms with van der Waals surface area (Å²) in [5, 5.41) is 4.00. The molecule has 2 N–H and O–H groups in total. The van der Waals surface area contributed by atoms with Crippen LogP contribution in [0.15, 0.2) is 41.1 Å². The zero-order valence-corrected chi connectivity index (χ0v) is 10.3. The number of hydrogen-bond acceptors (Lipinski definition) is 1. The van der Waals surface area contributed by atoms with Crippen molar-refractivity contribution in [1.29, 1.82) is 0 Å². The van der Waals surface area contributed by atoms with Crippen molar-refractivity contribution in [2.24, 2.45) is 0 Å². The Labute approximate surface area is 102 Å². The third-order valence-electron chi connectivity index (χ3n) is 2.07. The van der Waals surface area contributed by atoms with Gasteiger partial charge in [0.05, 0.1) is 10.7 Å². The average Bonchev–Trinajstić information content (AvgIpc) is 2.72. The van der Waals surface area contributed by atoms with E-state index in [1.165, 1.54) is 5.56 Å². The zero-order valence-electron chi connectivity index (χ0n) is 7.93. The zero-order chi connectivity index (χ0) is 10.7. The lowest BCUT2D eigenvalue weighted by molar-refractivity contribution is 1.15. The maximum Gasteiger partial charge on any atom is 0.0638 e. The summed E-state index contributed by atoms with van der Waals surface area (Å²) in [7, 11) is 0. The van der Waals surface area contributed by atoms with E-state index in [9.17, 15) is 0 Å². The Morgan fingerprint density at radius 2 is 2.20 bits per heavy atom. The molecular formula is C11H10BrClN2. The first kappa shape index (κ1) is 10.6. The summed E-state index contributed by atoms with van der Waals surface area (Å²) in [4.78, 5) is 3.01. The second-order valence-electron chi connectivity index (χ2n) is 3.20. The third kappa shape index (κ3) is 2.76. The van der Waals surface area contributed by atoms with Crippen molar-refractivity contribution >= 4 is 33.2 Å². The highest BCUT2D eigenvalue weighted by Gasteiger charge is 2.00. The molecule has 0 radical (unpaired) electrons. The highest BCUT2D eigenvalue weighted by atomic mass is 79.9. The van der Waals surface area contributed by atoms with Crippen molar-refractivity contribution in [3.63, 3.8) is 0 Å². The Hall–Kier alpha value is -0.930. The van der Waals surface area contributed by atoms with Gasteiger partial charge in [-0.05, 0) is 29.8 Å². The van der Waals surface area contributed by atoms with Crippen molar-refractivity contribution in [1.82, 2.24) is 4.98 Å². The number of halogens is 2. The Balaban J connectivity index is 2.07. The fourth-order valence-electron chi connectivity index (χ4n) is 1.30. The monoisotopic (exact) mass is 284 g/mol. The summed E-state index contributed by atoms with van der Waals surface area (Å²) < 4.78 is 1.02. The number of H-pyrrole nitrogens is 1. The van der Waals surface area contributed by atoms with E-state index >= 15 is 0 Å². The van der Waals surface area contributed by atoms with Gasteiger partial charge in [-0.15, -0.1) is 0 Å². The maximum atomic E-state index is 6.05. The summed E-state index contributed by atoms with van der Waals surface area (Å²) in [6.07, 6.45) is 3.86. The van der Waals surface area contributed by atoms with E-state index in [1.807, 2.05) is 36.7 Å². The average molecular weight is 286 g/mol. The number of benzene rings is 1. The normalized spacial score (nSPS) is 10.3. The molecule has 0 spiro atoms.